The number of rotatable bonds is 6. The summed E-state index contributed by atoms with van der Waals surface area (Å²) >= 11 is 0. The molecular formula is C26H26N4O3S. The molecule has 174 valence electrons. The summed E-state index contributed by atoms with van der Waals surface area (Å²) in [5.41, 5.74) is 3.02. The normalized spacial score (nSPS) is 15.6. The molecule has 0 aliphatic carbocycles. The Kier molecular flexibility index (Phi) is 6.28. The van der Waals surface area contributed by atoms with Gasteiger partial charge in [0.15, 0.2) is 0 Å². The van der Waals surface area contributed by atoms with Gasteiger partial charge in [-0.1, -0.05) is 78.0 Å². The maximum absolute atomic E-state index is 13.4. The van der Waals surface area contributed by atoms with Crippen molar-refractivity contribution in [3.05, 3.63) is 102 Å². The molecule has 1 aromatic heterocycles. The predicted octanol–water partition coefficient (Wildman–Crippen LogP) is 4.14. The van der Waals surface area contributed by atoms with E-state index in [1.165, 1.54) is 11.1 Å². The molecule has 0 radical (unpaired) electrons. The number of hydrogen-bond donors (Lipinski definition) is 0. The van der Waals surface area contributed by atoms with Crippen LogP contribution in [-0.4, -0.2) is 53.9 Å². The maximum atomic E-state index is 13.4. The topological polar surface area (TPSA) is 79.5 Å². The molecule has 2 heterocycles. The molecule has 0 bridgehead atoms. The van der Waals surface area contributed by atoms with E-state index in [0.717, 1.165) is 0 Å². The van der Waals surface area contributed by atoms with Crippen LogP contribution in [0.1, 0.15) is 23.1 Å². The first-order valence-corrected chi connectivity index (χ1v) is 12.7. The molecule has 0 N–H and O–H groups in total. The third-order valence-electron chi connectivity index (χ3n) is 6.13. The monoisotopic (exact) mass is 474 g/mol. The fourth-order valence-electron chi connectivity index (χ4n) is 4.45. The van der Waals surface area contributed by atoms with Gasteiger partial charge in [0.05, 0.1) is 10.9 Å². The summed E-state index contributed by atoms with van der Waals surface area (Å²) < 4.78 is 33.5. The highest BCUT2D eigenvalue weighted by molar-refractivity contribution is 7.89. The molecule has 1 saturated heterocycles. The molecule has 4 aromatic rings. The van der Waals surface area contributed by atoms with Crippen LogP contribution in [0.25, 0.3) is 11.4 Å². The zero-order chi connectivity index (χ0) is 23.5. The summed E-state index contributed by atoms with van der Waals surface area (Å²) in [5, 5.41) is 3.91. The lowest BCUT2D eigenvalue weighted by atomic mass is 9.96. The van der Waals surface area contributed by atoms with E-state index in [9.17, 15) is 8.42 Å². The molecule has 0 atom stereocenters. The first-order chi connectivity index (χ1) is 16.5. The van der Waals surface area contributed by atoms with Crippen LogP contribution in [0.5, 0.6) is 0 Å². The molecule has 34 heavy (non-hydrogen) atoms. The highest BCUT2D eigenvalue weighted by atomic mass is 32.2. The van der Waals surface area contributed by atoms with E-state index in [-0.39, 0.29) is 10.9 Å². The summed E-state index contributed by atoms with van der Waals surface area (Å²) in [5.74, 6) is 0.818. The zero-order valence-electron chi connectivity index (χ0n) is 18.9. The molecule has 0 unspecified atom stereocenters. The molecule has 1 aliphatic rings. The van der Waals surface area contributed by atoms with E-state index in [4.69, 9.17) is 4.52 Å². The second-order valence-electron chi connectivity index (χ2n) is 8.33. The Hall–Kier alpha value is -3.33. The molecule has 7 nitrogen and oxygen atoms in total. The van der Waals surface area contributed by atoms with Crippen LogP contribution in [0.4, 0.5) is 0 Å². The average molecular weight is 475 g/mol. The maximum Gasteiger partial charge on any atom is 0.243 e. The van der Waals surface area contributed by atoms with Crippen molar-refractivity contribution in [2.75, 3.05) is 26.2 Å². The smallest absolute Gasteiger partial charge is 0.243 e. The Balaban J connectivity index is 1.36. The van der Waals surface area contributed by atoms with Gasteiger partial charge in [0, 0.05) is 38.7 Å². The lowest BCUT2D eigenvalue weighted by Gasteiger charge is -2.39. The molecule has 3 aromatic carbocycles. The van der Waals surface area contributed by atoms with Crippen LogP contribution in [-0.2, 0) is 10.0 Å². The van der Waals surface area contributed by atoms with Gasteiger partial charge in [0.25, 0.3) is 0 Å². The molecule has 0 amide bonds. The Morgan fingerprint density at radius 2 is 1.44 bits per heavy atom. The fraction of sp³-hybridized carbons (Fsp3) is 0.231. The van der Waals surface area contributed by atoms with Crippen molar-refractivity contribution in [1.82, 2.24) is 19.3 Å². The van der Waals surface area contributed by atoms with Gasteiger partial charge < -0.3 is 4.52 Å². The minimum atomic E-state index is -3.64. The van der Waals surface area contributed by atoms with Crippen LogP contribution in [0.3, 0.4) is 0 Å². The van der Waals surface area contributed by atoms with E-state index in [1.54, 1.807) is 35.5 Å². The minimum absolute atomic E-state index is 0.0806. The molecule has 8 heteroatoms. The van der Waals surface area contributed by atoms with Crippen molar-refractivity contribution >= 4 is 10.0 Å². The summed E-state index contributed by atoms with van der Waals surface area (Å²) in [4.78, 5) is 6.81. The van der Waals surface area contributed by atoms with Gasteiger partial charge in [-0.3, -0.25) is 4.90 Å². The van der Waals surface area contributed by atoms with E-state index in [1.807, 2.05) is 36.4 Å². The molecule has 1 fully saturated rings. The third kappa shape index (κ3) is 4.52. The molecule has 0 saturated carbocycles. The van der Waals surface area contributed by atoms with E-state index >= 15 is 0 Å². The molecular weight excluding hydrogens is 448 g/mol. The molecule has 5 rings (SSSR count). The number of benzene rings is 3. The van der Waals surface area contributed by atoms with Gasteiger partial charge in [-0.25, -0.2) is 8.42 Å². The molecule has 0 spiro atoms. The zero-order valence-corrected chi connectivity index (χ0v) is 19.7. The number of hydrogen-bond acceptors (Lipinski definition) is 6. The standard InChI is InChI=1S/C26H26N4O3S/c1-20-27-26(28-33-20)23-13-8-14-24(19-23)34(31,32)30-17-15-29(16-18-30)25(21-9-4-2-5-10-21)22-11-6-3-7-12-22/h2-14,19,25H,15-18H2,1H3. The van der Waals surface area contributed by atoms with Gasteiger partial charge in [-0.15, -0.1) is 0 Å². The first kappa shape index (κ1) is 22.5. The largest absolute Gasteiger partial charge is 0.339 e. The number of aromatic nitrogens is 2. The van der Waals surface area contributed by atoms with Crippen molar-refractivity contribution in [2.24, 2.45) is 0 Å². The van der Waals surface area contributed by atoms with E-state index in [0.29, 0.717) is 43.5 Å². The lowest BCUT2D eigenvalue weighted by Crippen LogP contribution is -2.49. The van der Waals surface area contributed by atoms with E-state index < -0.39 is 10.0 Å². The highest BCUT2D eigenvalue weighted by Crippen LogP contribution is 2.31. The summed E-state index contributed by atoms with van der Waals surface area (Å²) in [7, 11) is -3.64. The van der Waals surface area contributed by atoms with Gasteiger partial charge >= 0.3 is 0 Å². The third-order valence-corrected chi connectivity index (χ3v) is 8.02. The van der Waals surface area contributed by atoms with Gasteiger partial charge in [-0.05, 0) is 23.3 Å². The number of nitrogens with zero attached hydrogens (tertiary/aromatic N) is 4. The SMILES string of the molecule is Cc1nc(-c2cccc(S(=O)(=O)N3CCN(C(c4ccccc4)c4ccccc4)CC3)c2)no1. The van der Waals surface area contributed by atoms with Crippen molar-refractivity contribution < 1.29 is 12.9 Å². The number of sulfonamides is 1. The Labute approximate surface area is 199 Å². The lowest BCUT2D eigenvalue weighted by molar-refractivity contribution is 0.156. The van der Waals surface area contributed by atoms with Gasteiger partial charge in [-0.2, -0.15) is 9.29 Å². The van der Waals surface area contributed by atoms with Crippen LogP contribution < -0.4 is 0 Å². The first-order valence-electron chi connectivity index (χ1n) is 11.3. The fourth-order valence-corrected chi connectivity index (χ4v) is 5.92. The summed E-state index contributed by atoms with van der Waals surface area (Å²) in [6.45, 7) is 3.82. The van der Waals surface area contributed by atoms with Crippen molar-refractivity contribution in [3.8, 4) is 11.4 Å². The van der Waals surface area contributed by atoms with Crippen LogP contribution in [0.15, 0.2) is 94.3 Å². The Morgan fingerprint density at radius 1 is 0.824 bits per heavy atom. The number of aryl methyl sites for hydroxylation is 1. The Bertz CT molecular complexity index is 1310. The predicted molar refractivity (Wildman–Crippen MR) is 130 cm³/mol. The van der Waals surface area contributed by atoms with Crippen LogP contribution in [0, 0.1) is 6.92 Å². The van der Waals surface area contributed by atoms with Crippen LogP contribution in [0.2, 0.25) is 0 Å². The van der Waals surface area contributed by atoms with Gasteiger partial charge in [0.1, 0.15) is 0 Å². The van der Waals surface area contributed by atoms with E-state index in [2.05, 4.69) is 39.3 Å². The second kappa shape index (κ2) is 9.50. The number of piperazine rings is 1. The second-order valence-corrected chi connectivity index (χ2v) is 10.3. The molecule has 1 aliphatic heterocycles. The van der Waals surface area contributed by atoms with Gasteiger partial charge in [0.2, 0.25) is 21.7 Å². The van der Waals surface area contributed by atoms with Crippen molar-refractivity contribution in [3.63, 3.8) is 0 Å². The average Bonchev–Trinajstić information content (AvgIpc) is 3.32. The Morgan fingerprint density at radius 3 is 2.00 bits per heavy atom. The van der Waals surface area contributed by atoms with Crippen molar-refractivity contribution in [1.29, 1.82) is 0 Å². The van der Waals surface area contributed by atoms with Crippen LogP contribution >= 0.6 is 0 Å². The summed E-state index contributed by atoms with van der Waals surface area (Å²) in [6.07, 6.45) is 0. The quantitative estimate of drug-likeness (QED) is 0.418. The minimum Gasteiger partial charge on any atom is -0.339 e. The highest BCUT2D eigenvalue weighted by Gasteiger charge is 2.32. The summed E-state index contributed by atoms with van der Waals surface area (Å²) in [6, 6.07) is 27.5. The van der Waals surface area contributed by atoms with Crippen molar-refractivity contribution in [2.45, 2.75) is 17.9 Å².